The van der Waals surface area contributed by atoms with Crippen molar-refractivity contribution < 1.29 is 9.53 Å². The molecular formula is C18H22N2O2. The number of hydrogen-bond donors (Lipinski definition) is 2. The summed E-state index contributed by atoms with van der Waals surface area (Å²) in [7, 11) is 0. The molecule has 0 heterocycles. The molecule has 2 aromatic carbocycles. The van der Waals surface area contributed by atoms with Crippen molar-refractivity contribution in [1.82, 2.24) is 5.32 Å². The number of rotatable bonds is 7. The molecule has 4 heteroatoms. The Morgan fingerprint density at radius 3 is 2.45 bits per heavy atom. The predicted molar refractivity (Wildman–Crippen MR) is 89.4 cm³/mol. The van der Waals surface area contributed by atoms with Crippen LogP contribution in [0.25, 0.3) is 0 Å². The Labute approximate surface area is 131 Å². The Balaban J connectivity index is 1.67. The van der Waals surface area contributed by atoms with E-state index in [4.69, 9.17) is 4.74 Å². The van der Waals surface area contributed by atoms with Gasteiger partial charge in [0.05, 0.1) is 6.54 Å². The number of urea groups is 1. The van der Waals surface area contributed by atoms with E-state index in [-0.39, 0.29) is 6.03 Å². The van der Waals surface area contributed by atoms with Gasteiger partial charge in [0.25, 0.3) is 0 Å². The minimum absolute atomic E-state index is 0.222. The second-order valence-electron chi connectivity index (χ2n) is 4.99. The summed E-state index contributed by atoms with van der Waals surface area (Å²) < 4.78 is 5.51. The summed E-state index contributed by atoms with van der Waals surface area (Å²) in [5.74, 6) is 0.802. The van der Waals surface area contributed by atoms with Crippen LogP contribution in [-0.4, -0.2) is 19.2 Å². The van der Waals surface area contributed by atoms with Gasteiger partial charge >= 0.3 is 6.03 Å². The molecule has 0 atom stereocenters. The number of amides is 2. The second-order valence-corrected chi connectivity index (χ2v) is 4.99. The highest BCUT2D eigenvalue weighted by Gasteiger charge is 2.01. The number of para-hydroxylation sites is 1. The van der Waals surface area contributed by atoms with Crippen LogP contribution in [0.15, 0.2) is 54.6 Å². The molecule has 0 aromatic heterocycles. The van der Waals surface area contributed by atoms with Crippen molar-refractivity contribution in [2.75, 3.05) is 18.5 Å². The molecule has 0 radical (unpaired) electrons. The van der Waals surface area contributed by atoms with Gasteiger partial charge in [-0.05, 0) is 36.2 Å². The topological polar surface area (TPSA) is 50.4 Å². The fourth-order valence-corrected chi connectivity index (χ4v) is 2.07. The van der Waals surface area contributed by atoms with E-state index in [2.05, 4.69) is 17.6 Å². The van der Waals surface area contributed by atoms with Gasteiger partial charge in [0, 0.05) is 5.69 Å². The second kappa shape index (κ2) is 8.72. The maximum atomic E-state index is 11.8. The van der Waals surface area contributed by atoms with Gasteiger partial charge in [0.2, 0.25) is 0 Å². The molecule has 0 saturated carbocycles. The summed E-state index contributed by atoms with van der Waals surface area (Å²) in [6.45, 7) is 3.04. The molecule has 2 aromatic rings. The molecule has 4 nitrogen and oxygen atoms in total. The summed E-state index contributed by atoms with van der Waals surface area (Å²) >= 11 is 0. The van der Waals surface area contributed by atoms with Crippen LogP contribution in [0.5, 0.6) is 5.75 Å². The van der Waals surface area contributed by atoms with Gasteiger partial charge in [-0.2, -0.15) is 0 Å². The molecule has 0 aliphatic heterocycles. The molecule has 116 valence electrons. The average Bonchev–Trinajstić information content (AvgIpc) is 2.55. The molecule has 0 aliphatic carbocycles. The van der Waals surface area contributed by atoms with E-state index in [0.717, 1.165) is 24.3 Å². The predicted octanol–water partition coefficient (Wildman–Crippen LogP) is 3.84. The standard InChI is InChI=1S/C18H22N2O2/c1-2-6-15-9-11-16(12-10-15)20-18(21)19-13-14-22-17-7-4-3-5-8-17/h3-5,7-12H,2,6,13-14H2,1H3,(H2,19,20,21). The lowest BCUT2D eigenvalue weighted by Gasteiger charge is -2.09. The van der Waals surface area contributed by atoms with Crippen LogP contribution in [0.2, 0.25) is 0 Å². The Morgan fingerprint density at radius 1 is 1.05 bits per heavy atom. The zero-order valence-electron chi connectivity index (χ0n) is 12.8. The maximum Gasteiger partial charge on any atom is 0.319 e. The molecule has 0 fully saturated rings. The number of anilines is 1. The van der Waals surface area contributed by atoms with Crippen molar-refractivity contribution in [3.8, 4) is 5.75 Å². The molecule has 0 saturated heterocycles. The van der Waals surface area contributed by atoms with Gasteiger partial charge in [0.1, 0.15) is 12.4 Å². The van der Waals surface area contributed by atoms with E-state index in [0.29, 0.717) is 13.2 Å². The number of nitrogens with one attached hydrogen (secondary N) is 2. The lowest BCUT2D eigenvalue weighted by Crippen LogP contribution is -2.32. The van der Waals surface area contributed by atoms with E-state index in [1.165, 1.54) is 5.56 Å². The van der Waals surface area contributed by atoms with Crippen LogP contribution in [0, 0.1) is 0 Å². The highest BCUT2D eigenvalue weighted by molar-refractivity contribution is 5.89. The highest BCUT2D eigenvalue weighted by Crippen LogP contribution is 2.11. The van der Waals surface area contributed by atoms with Crippen LogP contribution in [-0.2, 0) is 6.42 Å². The first-order chi connectivity index (χ1) is 10.8. The minimum atomic E-state index is -0.222. The lowest BCUT2D eigenvalue weighted by atomic mass is 10.1. The normalized spacial score (nSPS) is 10.0. The molecule has 22 heavy (non-hydrogen) atoms. The zero-order chi connectivity index (χ0) is 15.6. The lowest BCUT2D eigenvalue weighted by molar-refractivity contribution is 0.247. The molecule has 0 aliphatic rings. The molecule has 2 amide bonds. The smallest absolute Gasteiger partial charge is 0.319 e. The fourth-order valence-electron chi connectivity index (χ4n) is 2.07. The van der Waals surface area contributed by atoms with E-state index in [9.17, 15) is 4.79 Å². The number of carbonyl (C=O) groups is 1. The Hall–Kier alpha value is -2.49. The molecule has 0 spiro atoms. The van der Waals surface area contributed by atoms with Gasteiger partial charge in [0.15, 0.2) is 0 Å². The molecule has 0 bridgehead atoms. The van der Waals surface area contributed by atoms with Gasteiger partial charge in [-0.15, -0.1) is 0 Å². The largest absolute Gasteiger partial charge is 0.492 e. The third-order valence-corrected chi connectivity index (χ3v) is 3.15. The third-order valence-electron chi connectivity index (χ3n) is 3.15. The van der Waals surface area contributed by atoms with Crippen molar-refractivity contribution in [2.45, 2.75) is 19.8 Å². The SMILES string of the molecule is CCCc1ccc(NC(=O)NCCOc2ccccc2)cc1. The van der Waals surface area contributed by atoms with Gasteiger partial charge < -0.3 is 15.4 Å². The number of carbonyl (C=O) groups excluding carboxylic acids is 1. The Morgan fingerprint density at radius 2 is 1.77 bits per heavy atom. The van der Waals surface area contributed by atoms with Crippen LogP contribution in [0.4, 0.5) is 10.5 Å². The molecule has 2 rings (SSSR count). The van der Waals surface area contributed by atoms with Crippen molar-refractivity contribution in [2.24, 2.45) is 0 Å². The van der Waals surface area contributed by atoms with Crippen LogP contribution >= 0.6 is 0 Å². The minimum Gasteiger partial charge on any atom is -0.492 e. The van der Waals surface area contributed by atoms with Crippen molar-refractivity contribution in [3.63, 3.8) is 0 Å². The molecular weight excluding hydrogens is 276 g/mol. The number of aryl methyl sites for hydroxylation is 1. The Bertz CT molecular complexity index is 567. The monoisotopic (exact) mass is 298 g/mol. The van der Waals surface area contributed by atoms with Crippen LogP contribution in [0.1, 0.15) is 18.9 Å². The first-order valence-electron chi connectivity index (χ1n) is 7.59. The highest BCUT2D eigenvalue weighted by atomic mass is 16.5. The van der Waals surface area contributed by atoms with Crippen molar-refractivity contribution >= 4 is 11.7 Å². The van der Waals surface area contributed by atoms with Crippen molar-refractivity contribution in [3.05, 3.63) is 60.2 Å². The quantitative estimate of drug-likeness (QED) is 0.763. The first-order valence-corrected chi connectivity index (χ1v) is 7.59. The maximum absolute atomic E-state index is 11.8. The molecule has 2 N–H and O–H groups in total. The van der Waals surface area contributed by atoms with E-state index in [1.54, 1.807) is 0 Å². The number of hydrogen-bond acceptors (Lipinski definition) is 2. The van der Waals surface area contributed by atoms with E-state index in [1.807, 2.05) is 54.6 Å². The fraction of sp³-hybridized carbons (Fsp3) is 0.278. The van der Waals surface area contributed by atoms with Gasteiger partial charge in [-0.1, -0.05) is 43.7 Å². The van der Waals surface area contributed by atoms with Gasteiger partial charge in [-0.3, -0.25) is 0 Å². The summed E-state index contributed by atoms with van der Waals surface area (Å²) in [6, 6.07) is 17.2. The number of ether oxygens (including phenoxy) is 1. The summed E-state index contributed by atoms with van der Waals surface area (Å²) in [5, 5.41) is 5.57. The van der Waals surface area contributed by atoms with Crippen LogP contribution < -0.4 is 15.4 Å². The Kier molecular flexibility index (Phi) is 6.30. The van der Waals surface area contributed by atoms with Crippen LogP contribution in [0.3, 0.4) is 0 Å². The summed E-state index contributed by atoms with van der Waals surface area (Å²) in [5.41, 5.74) is 2.08. The van der Waals surface area contributed by atoms with E-state index >= 15 is 0 Å². The van der Waals surface area contributed by atoms with Crippen molar-refractivity contribution in [1.29, 1.82) is 0 Å². The van der Waals surface area contributed by atoms with E-state index < -0.39 is 0 Å². The molecule has 0 unspecified atom stereocenters. The van der Waals surface area contributed by atoms with Gasteiger partial charge in [-0.25, -0.2) is 4.79 Å². The number of benzene rings is 2. The summed E-state index contributed by atoms with van der Waals surface area (Å²) in [6.07, 6.45) is 2.18. The average molecular weight is 298 g/mol. The zero-order valence-corrected chi connectivity index (χ0v) is 12.8. The summed E-state index contributed by atoms with van der Waals surface area (Å²) in [4.78, 5) is 11.8. The first kappa shape index (κ1) is 15.9. The third kappa shape index (κ3) is 5.48.